The summed E-state index contributed by atoms with van der Waals surface area (Å²) < 4.78 is 12.5. The number of nitrogens with zero attached hydrogens (tertiary/aromatic N) is 2. The standard InChI is InChI=1S/C13H22BrN5O3.ClH/c1-21-4-3-16-13-10(12(15)20)11(14)18-19(13)9-5-8(7-22-2)17-6-9;/h8-9,16-17H,3-7H2,1-2H3,(H2,15,20);1H/t8-,9+;/m1./s1. The Kier molecular flexibility index (Phi) is 8.27. The minimum absolute atomic E-state index is 0. The molecule has 132 valence electrons. The Morgan fingerprint density at radius 3 is 2.87 bits per heavy atom. The smallest absolute Gasteiger partial charge is 0.255 e. The Morgan fingerprint density at radius 1 is 1.52 bits per heavy atom. The number of halogens is 2. The van der Waals surface area contributed by atoms with Crippen LogP contribution in [0, 0.1) is 0 Å². The minimum atomic E-state index is -0.516. The van der Waals surface area contributed by atoms with E-state index in [1.54, 1.807) is 14.2 Å². The predicted molar refractivity (Wildman–Crippen MR) is 93.4 cm³/mol. The fourth-order valence-electron chi connectivity index (χ4n) is 2.64. The molecular formula is C13H23BrClN5O3. The van der Waals surface area contributed by atoms with Crippen LogP contribution in [0.3, 0.4) is 0 Å². The second kappa shape index (κ2) is 9.43. The molecule has 2 rings (SSSR count). The van der Waals surface area contributed by atoms with Gasteiger partial charge in [-0.3, -0.25) is 4.79 Å². The summed E-state index contributed by atoms with van der Waals surface area (Å²) in [5, 5.41) is 11.0. The Hall–Kier alpha value is -0.870. The molecule has 1 aliphatic rings. The zero-order valence-electron chi connectivity index (χ0n) is 13.2. The number of nitrogens with one attached hydrogen (secondary N) is 2. The zero-order chi connectivity index (χ0) is 16.1. The van der Waals surface area contributed by atoms with Gasteiger partial charge in [0.15, 0.2) is 0 Å². The van der Waals surface area contributed by atoms with Crippen molar-refractivity contribution >= 4 is 40.1 Å². The summed E-state index contributed by atoms with van der Waals surface area (Å²) in [7, 11) is 3.31. The lowest BCUT2D eigenvalue weighted by Crippen LogP contribution is -2.25. The molecule has 0 aromatic carbocycles. The summed E-state index contributed by atoms with van der Waals surface area (Å²) in [4.78, 5) is 11.7. The molecule has 4 N–H and O–H groups in total. The van der Waals surface area contributed by atoms with Gasteiger partial charge in [0.25, 0.3) is 5.91 Å². The Bertz CT molecular complexity index is 528. The molecule has 23 heavy (non-hydrogen) atoms. The van der Waals surface area contributed by atoms with Crippen LogP contribution in [0.2, 0.25) is 0 Å². The van der Waals surface area contributed by atoms with Crippen LogP contribution in [0.5, 0.6) is 0 Å². The maximum atomic E-state index is 11.7. The zero-order valence-corrected chi connectivity index (χ0v) is 15.6. The molecule has 0 saturated carbocycles. The third-order valence-electron chi connectivity index (χ3n) is 3.63. The lowest BCUT2D eigenvalue weighted by molar-refractivity contribution is 0.1000. The number of ether oxygens (including phenoxy) is 2. The normalized spacial score (nSPS) is 20.3. The van der Waals surface area contributed by atoms with E-state index in [1.807, 2.05) is 4.68 Å². The van der Waals surface area contributed by atoms with Crippen LogP contribution in [0.15, 0.2) is 4.60 Å². The lowest BCUT2D eigenvalue weighted by atomic mass is 10.2. The van der Waals surface area contributed by atoms with E-state index in [0.29, 0.717) is 35.7 Å². The van der Waals surface area contributed by atoms with Crippen LogP contribution in [-0.2, 0) is 9.47 Å². The third kappa shape index (κ3) is 4.80. The van der Waals surface area contributed by atoms with Crippen molar-refractivity contribution in [1.29, 1.82) is 0 Å². The number of carbonyl (C=O) groups is 1. The number of rotatable bonds is 8. The molecule has 1 aromatic rings. The topological polar surface area (TPSA) is 103 Å². The molecule has 10 heteroatoms. The third-order valence-corrected chi connectivity index (χ3v) is 4.18. The Morgan fingerprint density at radius 2 is 2.26 bits per heavy atom. The van der Waals surface area contributed by atoms with Crippen molar-refractivity contribution in [1.82, 2.24) is 15.1 Å². The van der Waals surface area contributed by atoms with Crippen LogP contribution in [-0.4, -0.2) is 62.3 Å². The molecule has 1 aliphatic heterocycles. The first-order valence-corrected chi connectivity index (χ1v) is 7.90. The molecule has 0 unspecified atom stereocenters. The maximum absolute atomic E-state index is 11.7. The summed E-state index contributed by atoms with van der Waals surface area (Å²) in [5.74, 6) is 0.110. The van der Waals surface area contributed by atoms with Crippen LogP contribution < -0.4 is 16.4 Å². The molecule has 0 radical (unpaired) electrons. The fraction of sp³-hybridized carbons (Fsp3) is 0.692. The Balaban J connectivity index is 0.00000264. The molecule has 2 heterocycles. The number of hydrogen-bond donors (Lipinski definition) is 3. The van der Waals surface area contributed by atoms with Crippen LogP contribution in [0.4, 0.5) is 5.82 Å². The van der Waals surface area contributed by atoms with E-state index in [4.69, 9.17) is 15.2 Å². The molecule has 1 fully saturated rings. The molecule has 2 atom stereocenters. The van der Waals surface area contributed by atoms with Crippen molar-refractivity contribution in [3.05, 3.63) is 10.2 Å². The van der Waals surface area contributed by atoms with Gasteiger partial charge in [-0.2, -0.15) is 5.10 Å². The van der Waals surface area contributed by atoms with E-state index in [1.165, 1.54) is 0 Å². The van der Waals surface area contributed by atoms with E-state index < -0.39 is 5.91 Å². The highest BCUT2D eigenvalue weighted by atomic mass is 79.9. The maximum Gasteiger partial charge on any atom is 0.255 e. The van der Waals surface area contributed by atoms with Crippen LogP contribution in [0.1, 0.15) is 22.8 Å². The van der Waals surface area contributed by atoms with E-state index in [0.717, 1.165) is 13.0 Å². The van der Waals surface area contributed by atoms with Gasteiger partial charge in [-0.1, -0.05) is 0 Å². The van der Waals surface area contributed by atoms with Crippen LogP contribution >= 0.6 is 28.3 Å². The average Bonchev–Trinajstić information content (AvgIpc) is 3.04. The van der Waals surface area contributed by atoms with Gasteiger partial charge in [-0.05, 0) is 22.4 Å². The van der Waals surface area contributed by atoms with Crippen molar-refractivity contribution in [2.45, 2.75) is 18.5 Å². The van der Waals surface area contributed by atoms with Crippen molar-refractivity contribution in [2.24, 2.45) is 5.73 Å². The number of hydrogen-bond acceptors (Lipinski definition) is 6. The molecular weight excluding hydrogens is 390 g/mol. The summed E-state index contributed by atoms with van der Waals surface area (Å²) in [6, 6.07) is 0.413. The molecule has 1 amide bonds. The number of primary amides is 1. The largest absolute Gasteiger partial charge is 0.383 e. The second-order valence-corrected chi connectivity index (χ2v) is 5.94. The summed E-state index contributed by atoms with van der Waals surface area (Å²) in [6.45, 7) is 2.50. The van der Waals surface area contributed by atoms with E-state index in [9.17, 15) is 4.79 Å². The predicted octanol–water partition coefficient (Wildman–Crippen LogP) is 0.774. The van der Waals surface area contributed by atoms with Gasteiger partial charge in [-0.25, -0.2) is 4.68 Å². The first-order valence-electron chi connectivity index (χ1n) is 7.11. The Labute approximate surface area is 150 Å². The van der Waals surface area contributed by atoms with E-state index in [-0.39, 0.29) is 24.5 Å². The summed E-state index contributed by atoms with van der Waals surface area (Å²) in [5.41, 5.74) is 5.84. The first kappa shape index (κ1) is 20.2. The van der Waals surface area contributed by atoms with Gasteiger partial charge in [0.05, 0.1) is 19.3 Å². The highest BCUT2D eigenvalue weighted by Gasteiger charge is 2.30. The van der Waals surface area contributed by atoms with Crippen molar-refractivity contribution in [3.8, 4) is 0 Å². The molecule has 1 aromatic heterocycles. The molecule has 0 aliphatic carbocycles. The number of amides is 1. The highest BCUT2D eigenvalue weighted by molar-refractivity contribution is 9.10. The molecule has 0 spiro atoms. The number of carbonyl (C=O) groups excluding carboxylic acids is 1. The quantitative estimate of drug-likeness (QED) is 0.545. The monoisotopic (exact) mass is 411 g/mol. The first-order chi connectivity index (χ1) is 10.6. The molecule has 0 bridgehead atoms. The fourth-order valence-corrected chi connectivity index (χ4v) is 3.20. The van der Waals surface area contributed by atoms with E-state index in [2.05, 4.69) is 31.7 Å². The molecule has 1 saturated heterocycles. The number of aromatic nitrogens is 2. The van der Waals surface area contributed by atoms with Gasteiger partial charge >= 0.3 is 0 Å². The van der Waals surface area contributed by atoms with Gasteiger partial charge < -0.3 is 25.8 Å². The molecule has 8 nitrogen and oxygen atoms in total. The van der Waals surface area contributed by atoms with Crippen LogP contribution in [0.25, 0.3) is 0 Å². The highest BCUT2D eigenvalue weighted by Crippen LogP contribution is 2.30. The second-order valence-electron chi connectivity index (χ2n) is 5.19. The van der Waals surface area contributed by atoms with Gasteiger partial charge in [0, 0.05) is 33.4 Å². The van der Waals surface area contributed by atoms with Gasteiger partial charge in [0.2, 0.25) is 0 Å². The van der Waals surface area contributed by atoms with Crippen molar-refractivity contribution in [2.75, 3.05) is 45.8 Å². The minimum Gasteiger partial charge on any atom is -0.383 e. The van der Waals surface area contributed by atoms with Crippen molar-refractivity contribution < 1.29 is 14.3 Å². The number of methoxy groups -OCH3 is 2. The number of nitrogens with two attached hydrogens (primary N) is 1. The lowest BCUT2D eigenvalue weighted by Gasteiger charge is -2.16. The summed E-state index contributed by atoms with van der Waals surface area (Å²) >= 11 is 3.32. The van der Waals surface area contributed by atoms with Crippen molar-refractivity contribution in [3.63, 3.8) is 0 Å². The van der Waals surface area contributed by atoms with E-state index >= 15 is 0 Å². The van der Waals surface area contributed by atoms with Gasteiger partial charge in [-0.15, -0.1) is 12.4 Å². The summed E-state index contributed by atoms with van der Waals surface area (Å²) in [6.07, 6.45) is 0.874. The van der Waals surface area contributed by atoms with Gasteiger partial charge in [0.1, 0.15) is 16.0 Å². The number of anilines is 1. The SMILES string of the molecule is COCCNc1c(C(N)=O)c(Br)nn1[C@@H]1CN[C@@H](COC)C1.Cl. The average molecular weight is 413 g/mol.